The van der Waals surface area contributed by atoms with Crippen LogP contribution in [0.5, 0.6) is 0 Å². The Hall–Kier alpha value is -1.00. The van der Waals surface area contributed by atoms with Crippen molar-refractivity contribution in [2.24, 2.45) is 0 Å². The van der Waals surface area contributed by atoms with Gasteiger partial charge in [0, 0.05) is 5.57 Å². The Morgan fingerprint density at radius 3 is 2.42 bits per heavy atom. The summed E-state index contributed by atoms with van der Waals surface area (Å²) in [5.41, 5.74) is 0.0168. The van der Waals surface area contributed by atoms with Crippen molar-refractivity contribution in [1.29, 1.82) is 0 Å². The number of carbonyl (C=O) groups excluding carboxylic acids is 1. The van der Waals surface area contributed by atoms with Crippen molar-refractivity contribution >= 4 is 5.97 Å². The van der Waals surface area contributed by atoms with Crippen LogP contribution in [0, 0.1) is 0 Å². The van der Waals surface area contributed by atoms with E-state index in [1.54, 1.807) is 0 Å². The number of alkyl halides is 3. The number of allylic oxidation sites excluding steroid dienone is 1. The van der Waals surface area contributed by atoms with Gasteiger partial charge < -0.3 is 4.74 Å². The maximum atomic E-state index is 12.1. The van der Waals surface area contributed by atoms with Crippen molar-refractivity contribution in [2.45, 2.75) is 20.0 Å². The zero-order valence-corrected chi connectivity index (χ0v) is 6.73. The van der Waals surface area contributed by atoms with Crippen molar-refractivity contribution in [3.63, 3.8) is 0 Å². The maximum absolute atomic E-state index is 12.1. The number of ether oxygens (including phenoxy) is 1. The molecule has 0 atom stereocenters. The maximum Gasteiger partial charge on any atom is 0.429 e. The molecule has 0 radical (unpaired) electrons. The standard InChI is InChI=1S/C7H9F3O2/c1-3-5(2)6(11)12-7(9,10)4-8/h3H,4H2,1-2H3/b5-3+. The van der Waals surface area contributed by atoms with Crippen LogP contribution >= 0.6 is 0 Å². The summed E-state index contributed by atoms with van der Waals surface area (Å²) in [6.07, 6.45) is -2.71. The number of esters is 1. The van der Waals surface area contributed by atoms with Gasteiger partial charge in [0.2, 0.25) is 0 Å². The van der Waals surface area contributed by atoms with Crippen molar-refractivity contribution in [3.05, 3.63) is 11.6 Å². The second-order valence-electron chi connectivity index (χ2n) is 2.13. The first-order chi connectivity index (χ1) is 5.43. The van der Waals surface area contributed by atoms with Gasteiger partial charge >= 0.3 is 12.1 Å². The van der Waals surface area contributed by atoms with E-state index in [1.165, 1.54) is 19.9 Å². The van der Waals surface area contributed by atoms with E-state index < -0.39 is 18.8 Å². The zero-order chi connectivity index (χ0) is 9.78. The molecular formula is C7H9F3O2. The highest BCUT2D eigenvalue weighted by Gasteiger charge is 2.34. The van der Waals surface area contributed by atoms with E-state index in [9.17, 15) is 18.0 Å². The summed E-state index contributed by atoms with van der Waals surface area (Å²) in [7, 11) is 0. The molecule has 0 aliphatic rings. The van der Waals surface area contributed by atoms with Crippen molar-refractivity contribution in [1.82, 2.24) is 0 Å². The molecule has 0 amide bonds. The molecule has 0 saturated carbocycles. The minimum Gasteiger partial charge on any atom is -0.395 e. The van der Waals surface area contributed by atoms with Crippen LogP contribution in [0.25, 0.3) is 0 Å². The van der Waals surface area contributed by atoms with Gasteiger partial charge in [-0.1, -0.05) is 6.08 Å². The lowest BCUT2D eigenvalue weighted by Gasteiger charge is -2.12. The molecule has 2 nitrogen and oxygen atoms in total. The molecule has 0 aromatic heterocycles. The van der Waals surface area contributed by atoms with Crippen molar-refractivity contribution < 1.29 is 22.7 Å². The molecule has 0 heterocycles. The van der Waals surface area contributed by atoms with Crippen LogP contribution in [0.4, 0.5) is 13.2 Å². The van der Waals surface area contributed by atoms with Crippen molar-refractivity contribution in [3.8, 4) is 0 Å². The molecule has 70 valence electrons. The van der Waals surface area contributed by atoms with Gasteiger partial charge in [0.05, 0.1) is 0 Å². The third-order valence-corrected chi connectivity index (χ3v) is 1.15. The SMILES string of the molecule is C/C=C(\C)C(=O)OC(F)(F)CF. The number of hydrogen-bond acceptors (Lipinski definition) is 2. The quantitative estimate of drug-likeness (QED) is 0.493. The second-order valence-corrected chi connectivity index (χ2v) is 2.13. The highest BCUT2D eigenvalue weighted by Crippen LogP contribution is 2.17. The molecule has 0 fully saturated rings. The first-order valence-electron chi connectivity index (χ1n) is 3.23. The summed E-state index contributed by atoms with van der Waals surface area (Å²) in [4.78, 5) is 10.6. The van der Waals surface area contributed by atoms with E-state index in [2.05, 4.69) is 4.74 Å². The van der Waals surface area contributed by atoms with E-state index in [4.69, 9.17) is 0 Å². The van der Waals surface area contributed by atoms with Crippen LogP contribution in [0.15, 0.2) is 11.6 Å². The zero-order valence-electron chi connectivity index (χ0n) is 6.73. The monoisotopic (exact) mass is 182 g/mol. The Morgan fingerprint density at radius 2 is 2.08 bits per heavy atom. The smallest absolute Gasteiger partial charge is 0.395 e. The molecule has 0 aliphatic carbocycles. The fourth-order valence-electron chi connectivity index (χ4n) is 0.361. The third-order valence-electron chi connectivity index (χ3n) is 1.15. The molecule has 0 saturated heterocycles. The fraction of sp³-hybridized carbons (Fsp3) is 0.571. The topological polar surface area (TPSA) is 26.3 Å². The van der Waals surface area contributed by atoms with Crippen LogP contribution in [0.3, 0.4) is 0 Å². The van der Waals surface area contributed by atoms with Gasteiger partial charge in [0.25, 0.3) is 0 Å². The Kier molecular flexibility index (Phi) is 3.79. The van der Waals surface area contributed by atoms with Gasteiger partial charge in [-0.2, -0.15) is 8.78 Å². The molecule has 0 aliphatic heterocycles. The van der Waals surface area contributed by atoms with Crippen LogP contribution < -0.4 is 0 Å². The molecule has 0 aromatic carbocycles. The van der Waals surface area contributed by atoms with Gasteiger partial charge in [-0.15, -0.1) is 0 Å². The average molecular weight is 182 g/mol. The van der Waals surface area contributed by atoms with Crippen LogP contribution in [-0.2, 0) is 9.53 Å². The molecule has 0 bridgehead atoms. The van der Waals surface area contributed by atoms with E-state index in [1.807, 2.05) is 0 Å². The number of halogens is 3. The molecule has 0 aromatic rings. The minimum absolute atomic E-state index is 0.0168. The van der Waals surface area contributed by atoms with Crippen LogP contribution in [-0.4, -0.2) is 18.8 Å². The number of carbonyl (C=O) groups is 1. The molecule has 12 heavy (non-hydrogen) atoms. The van der Waals surface area contributed by atoms with Gasteiger partial charge in [-0.3, -0.25) is 0 Å². The summed E-state index contributed by atoms with van der Waals surface area (Å²) in [5.74, 6) is -1.21. The van der Waals surface area contributed by atoms with E-state index in [-0.39, 0.29) is 5.57 Å². The van der Waals surface area contributed by atoms with Gasteiger partial charge in [0.1, 0.15) is 0 Å². The molecular weight excluding hydrogens is 173 g/mol. The molecule has 0 spiro atoms. The summed E-state index contributed by atoms with van der Waals surface area (Å²) < 4.78 is 39.1. The normalized spacial score (nSPS) is 12.9. The number of hydrogen-bond donors (Lipinski definition) is 0. The van der Waals surface area contributed by atoms with Crippen LogP contribution in [0.1, 0.15) is 13.8 Å². The summed E-state index contributed by atoms with van der Waals surface area (Å²) in [6, 6.07) is 0. The predicted octanol–water partition coefficient (Wildman–Crippen LogP) is 2.06. The lowest BCUT2D eigenvalue weighted by molar-refractivity contribution is -0.235. The van der Waals surface area contributed by atoms with Gasteiger partial charge in [-0.25, -0.2) is 9.18 Å². The Bertz CT molecular complexity index is 199. The van der Waals surface area contributed by atoms with Gasteiger partial charge in [0.15, 0.2) is 6.67 Å². The van der Waals surface area contributed by atoms with Gasteiger partial charge in [-0.05, 0) is 13.8 Å². The minimum atomic E-state index is -4.01. The fourth-order valence-corrected chi connectivity index (χ4v) is 0.361. The molecule has 0 rings (SSSR count). The molecule has 0 unspecified atom stereocenters. The molecule has 0 N–H and O–H groups in total. The summed E-state index contributed by atoms with van der Waals surface area (Å²) >= 11 is 0. The Balaban J connectivity index is 4.19. The van der Waals surface area contributed by atoms with E-state index in [0.717, 1.165) is 0 Å². The largest absolute Gasteiger partial charge is 0.429 e. The van der Waals surface area contributed by atoms with E-state index in [0.29, 0.717) is 0 Å². The summed E-state index contributed by atoms with van der Waals surface area (Å²) in [6.45, 7) is 0.788. The lowest BCUT2D eigenvalue weighted by Crippen LogP contribution is -2.27. The Morgan fingerprint density at radius 1 is 1.58 bits per heavy atom. The number of rotatable bonds is 3. The predicted molar refractivity (Wildman–Crippen MR) is 36.4 cm³/mol. The lowest BCUT2D eigenvalue weighted by atomic mass is 10.3. The second kappa shape index (κ2) is 4.13. The first-order valence-corrected chi connectivity index (χ1v) is 3.23. The average Bonchev–Trinajstić information content (AvgIpc) is 2.02. The van der Waals surface area contributed by atoms with Crippen molar-refractivity contribution in [2.75, 3.05) is 6.67 Å². The highest BCUT2D eigenvalue weighted by molar-refractivity contribution is 5.87. The summed E-state index contributed by atoms with van der Waals surface area (Å²) in [5, 5.41) is 0. The van der Waals surface area contributed by atoms with Crippen LogP contribution in [0.2, 0.25) is 0 Å². The van der Waals surface area contributed by atoms with E-state index >= 15 is 0 Å². The highest BCUT2D eigenvalue weighted by atomic mass is 19.3. The Labute approximate surface area is 68.0 Å². The molecule has 5 heteroatoms. The first kappa shape index (κ1) is 11.0. The third kappa shape index (κ3) is 3.41.